The molecule has 204 valence electrons. The summed E-state index contributed by atoms with van der Waals surface area (Å²) in [6, 6.07) is 4.51. The van der Waals surface area contributed by atoms with Gasteiger partial charge in [0, 0.05) is 25.7 Å². The molecule has 3 rings (SSSR count). The van der Waals surface area contributed by atoms with Gasteiger partial charge in [0.05, 0.1) is 12.1 Å². The lowest BCUT2D eigenvalue weighted by atomic mass is 9.89. The smallest absolute Gasteiger partial charge is 0.427 e. The predicted octanol–water partition coefficient (Wildman–Crippen LogP) is 4.22. The first-order chi connectivity index (χ1) is 17.0. The van der Waals surface area contributed by atoms with Crippen molar-refractivity contribution in [3.05, 3.63) is 40.7 Å². The van der Waals surface area contributed by atoms with E-state index in [4.69, 9.17) is 16.7 Å². The van der Waals surface area contributed by atoms with Gasteiger partial charge in [0.15, 0.2) is 5.15 Å². The predicted molar refractivity (Wildman–Crippen MR) is 128 cm³/mol. The van der Waals surface area contributed by atoms with E-state index in [1.807, 2.05) is 0 Å². The molecule has 0 spiro atoms. The number of aliphatic carboxylic acids is 1. The van der Waals surface area contributed by atoms with Gasteiger partial charge < -0.3 is 9.84 Å². The minimum atomic E-state index is -4.77. The first-order valence-electron chi connectivity index (χ1n) is 11.4. The number of hydrogen-bond acceptors (Lipinski definition) is 6. The second kappa shape index (κ2) is 10.5. The molecule has 0 bridgehead atoms. The number of ether oxygens (including phenoxy) is 1. The third kappa shape index (κ3) is 6.38. The number of carboxylic acid groups (broad SMARTS) is 1. The molecular formula is C23H27ClF3N3O6S. The molecule has 2 heterocycles. The topological polar surface area (TPSA) is 119 Å². The molecule has 0 saturated heterocycles. The number of fused-ring (bicyclic) bond motifs is 1. The standard InChI is InChI=1S/C23H27ClF3N3O6S/c1-4-29-13-18(21(24)28-29)37(34,35)30-12-15(6-8-19(31)32)9-16-7-5-14(10-17(16)30)11-20(33)36-22(2,3)23(25,26)27/h5,7,10,13,15H,4,6,8-9,11-12H2,1-3H3,(H,31,32)/t15-/m1/s1. The summed E-state index contributed by atoms with van der Waals surface area (Å²) in [4.78, 5) is 23.1. The number of carbonyl (C=O) groups is 2. The normalized spacial score (nSPS) is 16.4. The largest absolute Gasteiger partial charge is 0.481 e. The van der Waals surface area contributed by atoms with Crippen molar-refractivity contribution in [2.45, 2.75) is 69.7 Å². The summed E-state index contributed by atoms with van der Waals surface area (Å²) < 4.78 is 73.7. The third-order valence-electron chi connectivity index (χ3n) is 6.10. The molecule has 1 N–H and O–H groups in total. The molecule has 0 saturated carbocycles. The highest BCUT2D eigenvalue weighted by atomic mass is 35.5. The van der Waals surface area contributed by atoms with Gasteiger partial charge in [-0.05, 0) is 56.7 Å². The Morgan fingerprint density at radius 2 is 1.95 bits per heavy atom. The fourth-order valence-corrected chi connectivity index (χ4v) is 5.98. The van der Waals surface area contributed by atoms with Crippen LogP contribution in [-0.4, -0.2) is 53.6 Å². The maximum absolute atomic E-state index is 13.7. The van der Waals surface area contributed by atoms with Crippen LogP contribution in [0.3, 0.4) is 0 Å². The van der Waals surface area contributed by atoms with Crippen LogP contribution in [0.1, 0.15) is 44.7 Å². The van der Waals surface area contributed by atoms with Crippen molar-refractivity contribution in [2.75, 3.05) is 10.8 Å². The molecule has 0 unspecified atom stereocenters. The average Bonchev–Trinajstić information content (AvgIpc) is 3.17. The molecule has 37 heavy (non-hydrogen) atoms. The minimum absolute atomic E-state index is 0.0503. The van der Waals surface area contributed by atoms with E-state index < -0.39 is 40.2 Å². The van der Waals surface area contributed by atoms with Gasteiger partial charge in [-0.25, -0.2) is 8.42 Å². The molecule has 1 aliphatic rings. The Labute approximate surface area is 217 Å². The van der Waals surface area contributed by atoms with E-state index in [2.05, 4.69) is 9.84 Å². The Hall–Kier alpha value is -2.80. The van der Waals surface area contributed by atoms with Crippen LogP contribution in [0.15, 0.2) is 29.3 Å². The highest BCUT2D eigenvalue weighted by molar-refractivity contribution is 7.93. The number of halogens is 4. The maximum Gasteiger partial charge on any atom is 0.427 e. The minimum Gasteiger partial charge on any atom is -0.481 e. The number of sulfonamides is 1. The van der Waals surface area contributed by atoms with Gasteiger partial charge >= 0.3 is 18.1 Å². The Kier molecular flexibility index (Phi) is 8.18. The summed E-state index contributed by atoms with van der Waals surface area (Å²) in [7, 11) is -4.25. The van der Waals surface area contributed by atoms with Crippen LogP contribution in [0, 0.1) is 5.92 Å². The van der Waals surface area contributed by atoms with Crippen molar-refractivity contribution in [3.63, 3.8) is 0 Å². The maximum atomic E-state index is 13.7. The number of carboxylic acids is 1. The Morgan fingerprint density at radius 3 is 2.51 bits per heavy atom. The van der Waals surface area contributed by atoms with E-state index in [1.165, 1.54) is 23.0 Å². The molecule has 1 aliphatic heterocycles. The quantitative estimate of drug-likeness (QED) is 0.452. The van der Waals surface area contributed by atoms with Crippen LogP contribution < -0.4 is 4.31 Å². The van der Waals surface area contributed by atoms with Crippen molar-refractivity contribution >= 4 is 39.3 Å². The zero-order valence-corrected chi connectivity index (χ0v) is 22.0. The summed E-state index contributed by atoms with van der Waals surface area (Å²) in [5, 5.41) is 12.8. The van der Waals surface area contributed by atoms with Crippen molar-refractivity contribution in [1.82, 2.24) is 9.78 Å². The van der Waals surface area contributed by atoms with Crippen LogP contribution in [0.2, 0.25) is 5.15 Å². The number of esters is 1. The van der Waals surface area contributed by atoms with E-state index in [0.29, 0.717) is 18.5 Å². The number of alkyl halides is 3. The Bertz CT molecular complexity index is 1290. The second-order valence-corrected chi connectivity index (χ2v) is 11.5. The number of nitrogens with zero attached hydrogens (tertiary/aromatic N) is 3. The van der Waals surface area contributed by atoms with Gasteiger partial charge in [0.2, 0.25) is 5.60 Å². The van der Waals surface area contributed by atoms with Crippen LogP contribution in [0.4, 0.5) is 18.9 Å². The number of carbonyl (C=O) groups excluding carboxylic acids is 1. The summed E-state index contributed by atoms with van der Waals surface area (Å²) in [5.41, 5.74) is -1.63. The van der Waals surface area contributed by atoms with Gasteiger partial charge in [-0.3, -0.25) is 18.6 Å². The van der Waals surface area contributed by atoms with E-state index in [0.717, 1.165) is 18.2 Å². The molecule has 9 nitrogen and oxygen atoms in total. The van der Waals surface area contributed by atoms with Crippen molar-refractivity contribution in [3.8, 4) is 0 Å². The fraction of sp³-hybridized carbons (Fsp3) is 0.522. The van der Waals surface area contributed by atoms with Crippen LogP contribution in [-0.2, 0) is 43.7 Å². The molecule has 1 atom stereocenters. The van der Waals surface area contributed by atoms with Crippen molar-refractivity contribution < 1.29 is 41.0 Å². The third-order valence-corrected chi connectivity index (χ3v) is 8.27. The van der Waals surface area contributed by atoms with Gasteiger partial charge in [0.25, 0.3) is 10.0 Å². The molecule has 0 amide bonds. The molecular weight excluding hydrogens is 539 g/mol. The lowest BCUT2D eigenvalue weighted by molar-refractivity contribution is -0.257. The van der Waals surface area contributed by atoms with Gasteiger partial charge in [-0.1, -0.05) is 23.7 Å². The highest BCUT2D eigenvalue weighted by Gasteiger charge is 2.50. The molecule has 0 aliphatic carbocycles. The van der Waals surface area contributed by atoms with Crippen LogP contribution in [0.5, 0.6) is 0 Å². The molecule has 0 radical (unpaired) electrons. The SMILES string of the molecule is CCn1cc(S(=O)(=O)N2C[C@H](CCC(=O)O)Cc3ccc(CC(=O)OC(C)(C)C(F)(F)F)cc32)c(Cl)n1. The summed E-state index contributed by atoms with van der Waals surface area (Å²) in [5.74, 6) is -2.45. The molecule has 14 heteroatoms. The lowest BCUT2D eigenvalue weighted by Gasteiger charge is -2.35. The summed E-state index contributed by atoms with van der Waals surface area (Å²) >= 11 is 6.12. The molecule has 0 fully saturated rings. The number of anilines is 1. The van der Waals surface area contributed by atoms with E-state index >= 15 is 0 Å². The van der Waals surface area contributed by atoms with Crippen LogP contribution >= 0.6 is 11.6 Å². The number of hydrogen-bond donors (Lipinski definition) is 1. The van der Waals surface area contributed by atoms with Crippen molar-refractivity contribution in [1.29, 1.82) is 0 Å². The van der Waals surface area contributed by atoms with E-state index in [-0.39, 0.29) is 46.6 Å². The van der Waals surface area contributed by atoms with E-state index in [9.17, 15) is 31.2 Å². The molecule has 1 aromatic carbocycles. The molecule has 1 aromatic heterocycles. The summed E-state index contributed by atoms with van der Waals surface area (Å²) in [6.45, 7) is 3.55. The first kappa shape index (κ1) is 28.8. The number of benzene rings is 1. The van der Waals surface area contributed by atoms with E-state index in [1.54, 1.807) is 13.0 Å². The second-order valence-electron chi connectivity index (χ2n) is 9.30. The fourth-order valence-electron chi connectivity index (χ4n) is 3.96. The number of rotatable bonds is 9. The zero-order valence-electron chi connectivity index (χ0n) is 20.4. The van der Waals surface area contributed by atoms with Gasteiger partial charge in [0.1, 0.15) is 4.90 Å². The zero-order chi connectivity index (χ0) is 27.8. The van der Waals surface area contributed by atoms with Gasteiger partial charge in [-0.2, -0.15) is 18.3 Å². The average molecular weight is 566 g/mol. The monoisotopic (exact) mass is 565 g/mol. The van der Waals surface area contributed by atoms with Crippen LogP contribution in [0.25, 0.3) is 0 Å². The molecule has 2 aromatic rings. The number of aromatic nitrogens is 2. The summed E-state index contributed by atoms with van der Waals surface area (Å²) in [6.07, 6.45) is -3.54. The highest BCUT2D eigenvalue weighted by Crippen LogP contribution is 2.38. The number of aryl methyl sites for hydroxylation is 1. The van der Waals surface area contributed by atoms with Gasteiger partial charge in [-0.15, -0.1) is 0 Å². The first-order valence-corrected chi connectivity index (χ1v) is 13.2. The lowest BCUT2D eigenvalue weighted by Crippen LogP contribution is -2.43. The Balaban J connectivity index is 1.98. The van der Waals surface area contributed by atoms with Crippen molar-refractivity contribution in [2.24, 2.45) is 5.92 Å². The Morgan fingerprint density at radius 1 is 1.27 bits per heavy atom.